The Hall–Kier alpha value is -3.90. The van der Waals surface area contributed by atoms with Crippen LogP contribution in [0.4, 0.5) is 11.4 Å². The zero-order chi connectivity index (χ0) is 22.7. The highest BCUT2D eigenvalue weighted by atomic mass is 35.5. The summed E-state index contributed by atoms with van der Waals surface area (Å²) in [6.45, 7) is 2.09. The monoisotopic (exact) mass is 445 g/mol. The summed E-state index contributed by atoms with van der Waals surface area (Å²) in [5.74, 6) is -1.29. The van der Waals surface area contributed by atoms with Gasteiger partial charge in [-0.25, -0.2) is 0 Å². The van der Waals surface area contributed by atoms with Crippen molar-refractivity contribution < 1.29 is 14.4 Å². The van der Waals surface area contributed by atoms with Crippen LogP contribution in [0.25, 0.3) is 0 Å². The van der Waals surface area contributed by atoms with Crippen molar-refractivity contribution in [3.05, 3.63) is 106 Å². The molecule has 4 rings (SSSR count). The van der Waals surface area contributed by atoms with Crippen LogP contribution in [0.1, 0.15) is 21.5 Å². The maximum absolute atomic E-state index is 12.8. The quantitative estimate of drug-likeness (QED) is 0.540. The van der Waals surface area contributed by atoms with Gasteiger partial charge in [0.2, 0.25) is 0 Å². The molecule has 0 aromatic heterocycles. The van der Waals surface area contributed by atoms with E-state index in [0.717, 1.165) is 16.0 Å². The summed E-state index contributed by atoms with van der Waals surface area (Å²) < 4.78 is 0. The first-order chi connectivity index (χ1) is 15.4. The second kappa shape index (κ2) is 9.08. The maximum atomic E-state index is 12.8. The first-order valence-corrected chi connectivity index (χ1v) is 10.3. The molecule has 1 heterocycles. The van der Waals surface area contributed by atoms with Gasteiger partial charge in [0, 0.05) is 16.9 Å². The summed E-state index contributed by atoms with van der Waals surface area (Å²) in [4.78, 5) is 38.8. The molecule has 6 nitrogen and oxygen atoms in total. The van der Waals surface area contributed by atoms with E-state index in [0.29, 0.717) is 16.9 Å². The lowest BCUT2D eigenvalue weighted by molar-refractivity contribution is -0.138. The van der Waals surface area contributed by atoms with E-state index < -0.39 is 11.8 Å². The molecule has 0 radical (unpaired) electrons. The van der Waals surface area contributed by atoms with E-state index in [1.54, 1.807) is 24.3 Å². The standard InChI is InChI=1S/C25H20ClN3O3/c1-16-6-5-9-20(14-16)28-23(30)18-10-12-19(13-11-18)27-22-21(26)24(31)29(25(22)32)15-17-7-3-2-4-8-17/h2-14,27H,15H2,1H3,(H,28,30). The zero-order valence-corrected chi connectivity index (χ0v) is 18.0. The van der Waals surface area contributed by atoms with Gasteiger partial charge in [0.05, 0.1) is 6.54 Å². The second-order valence-corrected chi connectivity index (χ2v) is 7.77. The van der Waals surface area contributed by atoms with Crippen molar-refractivity contribution in [2.45, 2.75) is 13.5 Å². The van der Waals surface area contributed by atoms with E-state index in [2.05, 4.69) is 10.6 Å². The number of anilines is 2. The molecule has 0 bridgehead atoms. The highest BCUT2D eigenvalue weighted by Crippen LogP contribution is 2.27. The summed E-state index contributed by atoms with van der Waals surface area (Å²) in [6, 6.07) is 23.3. The van der Waals surface area contributed by atoms with Crippen molar-refractivity contribution in [1.29, 1.82) is 0 Å². The maximum Gasteiger partial charge on any atom is 0.279 e. The molecule has 0 saturated carbocycles. The van der Waals surface area contributed by atoms with E-state index >= 15 is 0 Å². The van der Waals surface area contributed by atoms with Crippen molar-refractivity contribution >= 4 is 40.7 Å². The van der Waals surface area contributed by atoms with Crippen molar-refractivity contribution in [1.82, 2.24) is 4.90 Å². The van der Waals surface area contributed by atoms with E-state index in [1.165, 1.54) is 0 Å². The molecule has 1 aliphatic rings. The molecule has 0 saturated heterocycles. The smallest absolute Gasteiger partial charge is 0.279 e. The Bertz CT molecular complexity index is 1220. The molecule has 2 N–H and O–H groups in total. The number of imide groups is 1. The van der Waals surface area contributed by atoms with Gasteiger partial charge < -0.3 is 10.6 Å². The number of nitrogens with zero attached hydrogens (tertiary/aromatic N) is 1. The third-order valence-electron chi connectivity index (χ3n) is 4.99. The number of carbonyl (C=O) groups is 3. The molecule has 1 aliphatic heterocycles. The van der Waals surface area contributed by atoms with Gasteiger partial charge in [-0.2, -0.15) is 0 Å². The number of aryl methyl sites for hydroxylation is 1. The molecular formula is C25H20ClN3O3. The van der Waals surface area contributed by atoms with E-state index in [1.807, 2.05) is 61.5 Å². The summed E-state index contributed by atoms with van der Waals surface area (Å²) in [6.07, 6.45) is 0. The van der Waals surface area contributed by atoms with Crippen molar-refractivity contribution in [3.8, 4) is 0 Å². The Morgan fingerprint density at radius 2 is 1.59 bits per heavy atom. The molecule has 0 spiro atoms. The van der Waals surface area contributed by atoms with Gasteiger partial charge in [-0.15, -0.1) is 0 Å². The fourth-order valence-corrected chi connectivity index (χ4v) is 3.57. The topological polar surface area (TPSA) is 78.5 Å². The largest absolute Gasteiger partial charge is 0.350 e. The van der Waals surface area contributed by atoms with Crippen molar-refractivity contribution in [2.24, 2.45) is 0 Å². The molecule has 7 heteroatoms. The Morgan fingerprint density at radius 3 is 2.28 bits per heavy atom. The summed E-state index contributed by atoms with van der Waals surface area (Å²) in [5, 5.41) is 5.60. The van der Waals surface area contributed by atoms with Crippen LogP contribution in [0, 0.1) is 6.92 Å². The van der Waals surface area contributed by atoms with Crippen LogP contribution < -0.4 is 10.6 Å². The van der Waals surface area contributed by atoms with Gasteiger partial charge in [0.15, 0.2) is 0 Å². The first kappa shape index (κ1) is 21.3. The molecule has 3 aromatic rings. The van der Waals surface area contributed by atoms with Crippen LogP contribution in [0.2, 0.25) is 0 Å². The molecule has 0 atom stereocenters. The number of hydrogen-bond acceptors (Lipinski definition) is 4. The van der Waals surface area contributed by atoms with E-state index in [4.69, 9.17) is 11.6 Å². The number of halogens is 1. The fraction of sp³-hybridized carbons (Fsp3) is 0.0800. The molecule has 0 unspecified atom stereocenters. The van der Waals surface area contributed by atoms with Crippen molar-refractivity contribution in [3.63, 3.8) is 0 Å². The summed E-state index contributed by atoms with van der Waals surface area (Å²) in [7, 11) is 0. The lowest BCUT2D eigenvalue weighted by atomic mass is 10.1. The van der Waals surface area contributed by atoms with Crippen LogP contribution >= 0.6 is 11.6 Å². The molecule has 32 heavy (non-hydrogen) atoms. The summed E-state index contributed by atoms with van der Waals surface area (Å²) in [5.41, 5.74) is 3.59. The number of carbonyl (C=O) groups excluding carboxylic acids is 3. The Labute approximate surface area is 190 Å². The molecule has 160 valence electrons. The van der Waals surface area contributed by atoms with E-state index in [9.17, 15) is 14.4 Å². The number of nitrogens with one attached hydrogen (secondary N) is 2. The minimum absolute atomic E-state index is 0.0181. The zero-order valence-electron chi connectivity index (χ0n) is 17.3. The lowest BCUT2D eigenvalue weighted by Gasteiger charge is -2.15. The SMILES string of the molecule is Cc1cccc(NC(=O)c2ccc(NC3=C(Cl)C(=O)N(Cc4ccccc4)C3=O)cc2)c1. The fourth-order valence-electron chi connectivity index (χ4n) is 3.34. The van der Waals surface area contributed by atoms with Gasteiger partial charge in [0.25, 0.3) is 17.7 Å². The second-order valence-electron chi connectivity index (χ2n) is 7.40. The number of amides is 3. The van der Waals surface area contributed by atoms with Crippen LogP contribution in [-0.2, 0) is 16.1 Å². The van der Waals surface area contributed by atoms with Crippen molar-refractivity contribution in [2.75, 3.05) is 10.6 Å². The normalized spacial score (nSPS) is 13.5. The average molecular weight is 446 g/mol. The van der Waals surface area contributed by atoms with Crippen LogP contribution in [-0.4, -0.2) is 22.6 Å². The van der Waals surface area contributed by atoms with Crippen LogP contribution in [0.3, 0.4) is 0 Å². The first-order valence-electron chi connectivity index (χ1n) is 9.97. The van der Waals surface area contributed by atoms with Gasteiger partial charge in [-0.05, 0) is 54.4 Å². The molecule has 3 aromatic carbocycles. The van der Waals surface area contributed by atoms with Gasteiger partial charge in [0.1, 0.15) is 10.7 Å². The Balaban J connectivity index is 1.44. The summed E-state index contributed by atoms with van der Waals surface area (Å²) >= 11 is 6.16. The lowest BCUT2D eigenvalue weighted by Crippen LogP contribution is -2.31. The number of rotatable bonds is 6. The average Bonchev–Trinajstić information content (AvgIpc) is 2.98. The Kier molecular flexibility index (Phi) is 6.05. The van der Waals surface area contributed by atoms with Crippen LogP contribution in [0.15, 0.2) is 89.6 Å². The molecular weight excluding hydrogens is 426 g/mol. The molecule has 0 fully saturated rings. The highest BCUT2D eigenvalue weighted by Gasteiger charge is 2.37. The third-order valence-corrected chi connectivity index (χ3v) is 5.34. The van der Waals surface area contributed by atoms with Gasteiger partial charge >= 0.3 is 0 Å². The van der Waals surface area contributed by atoms with E-state index in [-0.39, 0.29) is 23.2 Å². The minimum atomic E-state index is -0.544. The third kappa shape index (κ3) is 4.55. The Morgan fingerprint density at radius 1 is 0.875 bits per heavy atom. The minimum Gasteiger partial charge on any atom is -0.350 e. The molecule has 0 aliphatic carbocycles. The number of hydrogen-bond donors (Lipinski definition) is 2. The molecule has 3 amide bonds. The van der Waals surface area contributed by atoms with Gasteiger partial charge in [-0.1, -0.05) is 54.1 Å². The predicted octanol–water partition coefficient (Wildman–Crippen LogP) is 4.68. The number of benzene rings is 3. The van der Waals surface area contributed by atoms with Gasteiger partial charge in [-0.3, -0.25) is 19.3 Å². The predicted molar refractivity (Wildman–Crippen MR) is 124 cm³/mol. The van der Waals surface area contributed by atoms with Crippen LogP contribution in [0.5, 0.6) is 0 Å². The highest BCUT2D eigenvalue weighted by molar-refractivity contribution is 6.48.